The van der Waals surface area contributed by atoms with Crippen LogP contribution in [0.2, 0.25) is 5.02 Å². The van der Waals surface area contributed by atoms with Crippen LogP contribution in [-0.4, -0.2) is 11.7 Å². The molecular weight excluding hydrogens is 262 g/mol. The third kappa shape index (κ3) is 2.25. The zero-order valence-corrected chi connectivity index (χ0v) is 10.7. The minimum absolute atomic E-state index is 0.351. The Morgan fingerprint density at radius 3 is 2.37 bits per heavy atom. The van der Waals surface area contributed by atoms with E-state index >= 15 is 0 Å². The van der Waals surface area contributed by atoms with E-state index < -0.39 is 5.92 Å². The minimum atomic E-state index is -0.470. The lowest BCUT2D eigenvalue weighted by atomic mass is 9.90. The smallest absolute Gasteiger partial charge is 0.317 e. The van der Waals surface area contributed by atoms with E-state index in [0.29, 0.717) is 10.7 Å². The molecule has 1 unspecified atom stereocenters. The van der Waals surface area contributed by atoms with Gasteiger partial charge in [0.2, 0.25) is 0 Å². The summed E-state index contributed by atoms with van der Waals surface area (Å²) in [5, 5.41) is 4.54. The summed E-state index contributed by atoms with van der Waals surface area (Å²) in [4.78, 5) is 16.7. The van der Waals surface area contributed by atoms with Gasteiger partial charge in [-0.2, -0.15) is 0 Å². The van der Waals surface area contributed by atoms with E-state index in [4.69, 9.17) is 16.4 Å². The van der Waals surface area contributed by atoms with Gasteiger partial charge in [-0.1, -0.05) is 59.2 Å². The molecule has 0 bridgehead atoms. The second-order valence-corrected chi connectivity index (χ2v) is 4.67. The fourth-order valence-corrected chi connectivity index (χ4v) is 2.22. The van der Waals surface area contributed by atoms with Crippen LogP contribution in [0.3, 0.4) is 0 Å². The van der Waals surface area contributed by atoms with Crippen molar-refractivity contribution in [1.29, 1.82) is 0 Å². The third-order valence-electron chi connectivity index (χ3n) is 3.02. The molecule has 0 aliphatic carbocycles. The number of hydrogen-bond acceptors (Lipinski definition) is 3. The Hall–Kier alpha value is -2.13. The Kier molecular flexibility index (Phi) is 3.05. The number of hydrogen-bond donors (Lipinski definition) is 0. The van der Waals surface area contributed by atoms with Crippen molar-refractivity contribution in [2.75, 3.05) is 0 Å². The highest BCUT2D eigenvalue weighted by atomic mass is 35.5. The first-order chi connectivity index (χ1) is 9.25. The van der Waals surface area contributed by atoms with Crippen molar-refractivity contribution in [1.82, 2.24) is 0 Å². The largest absolute Gasteiger partial charge is 0.348 e. The number of carbonyl (C=O) groups excluding carboxylic acids is 1. The first kappa shape index (κ1) is 11.9. The Morgan fingerprint density at radius 2 is 1.68 bits per heavy atom. The van der Waals surface area contributed by atoms with E-state index in [9.17, 15) is 4.79 Å². The lowest BCUT2D eigenvalue weighted by Crippen LogP contribution is -2.16. The van der Waals surface area contributed by atoms with Crippen molar-refractivity contribution in [2.24, 2.45) is 5.16 Å². The molecule has 94 valence electrons. The van der Waals surface area contributed by atoms with Gasteiger partial charge in [0, 0.05) is 10.6 Å². The molecule has 0 radical (unpaired) electrons. The Balaban J connectivity index is 2.01. The second-order valence-electron chi connectivity index (χ2n) is 4.24. The van der Waals surface area contributed by atoms with Crippen molar-refractivity contribution < 1.29 is 9.63 Å². The summed E-state index contributed by atoms with van der Waals surface area (Å²) in [6, 6.07) is 16.7. The summed E-state index contributed by atoms with van der Waals surface area (Å²) in [7, 11) is 0. The molecule has 2 aromatic carbocycles. The molecule has 1 heterocycles. The van der Waals surface area contributed by atoms with Gasteiger partial charge in [-0.05, 0) is 17.7 Å². The number of halogens is 1. The van der Waals surface area contributed by atoms with Gasteiger partial charge >= 0.3 is 5.97 Å². The average molecular weight is 272 g/mol. The van der Waals surface area contributed by atoms with Crippen molar-refractivity contribution in [3.05, 3.63) is 70.7 Å². The number of carbonyl (C=O) groups is 1. The number of oxime groups is 1. The fraction of sp³-hybridized carbons (Fsp3) is 0.0667. The van der Waals surface area contributed by atoms with E-state index in [1.807, 2.05) is 42.5 Å². The van der Waals surface area contributed by atoms with Crippen molar-refractivity contribution in [2.45, 2.75) is 5.92 Å². The van der Waals surface area contributed by atoms with Crippen LogP contribution in [0.15, 0.2) is 59.8 Å². The summed E-state index contributed by atoms with van der Waals surface area (Å²) in [5.74, 6) is -0.821. The molecule has 2 aromatic rings. The molecule has 4 heteroatoms. The Labute approximate surface area is 115 Å². The topological polar surface area (TPSA) is 38.7 Å². The summed E-state index contributed by atoms with van der Waals surface area (Å²) < 4.78 is 0. The van der Waals surface area contributed by atoms with Gasteiger partial charge in [0.1, 0.15) is 11.6 Å². The second kappa shape index (κ2) is 4.86. The van der Waals surface area contributed by atoms with E-state index in [1.165, 1.54) is 0 Å². The van der Waals surface area contributed by atoms with Gasteiger partial charge in [0.05, 0.1) is 0 Å². The van der Waals surface area contributed by atoms with Gasteiger partial charge in [0.25, 0.3) is 0 Å². The lowest BCUT2D eigenvalue weighted by Gasteiger charge is -2.09. The number of nitrogens with zero attached hydrogens (tertiary/aromatic N) is 1. The molecule has 1 atom stereocenters. The van der Waals surface area contributed by atoms with Crippen LogP contribution in [0.25, 0.3) is 0 Å². The SMILES string of the molecule is O=C1ON=C(c2ccc(Cl)cc2)C1c1ccccc1. The van der Waals surface area contributed by atoms with Gasteiger partial charge in [-0.25, -0.2) is 4.79 Å². The van der Waals surface area contributed by atoms with E-state index in [-0.39, 0.29) is 5.97 Å². The molecule has 0 saturated heterocycles. The monoisotopic (exact) mass is 271 g/mol. The standard InChI is InChI=1S/C15H10ClNO2/c16-12-8-6-11(7-9-12)14-13(15(18)19-17-14)10-4-2-1-3-5-10/h1-9,13H. The minimum Gasteiger partial charge on any atom is -0.317 e. The molecule has 0 spiro atoms. The predicted octanol–water partition coefficient (Wildman–Crippen LogP) is 3.38. The molecule has 0 N–H and O–H groups in total. The number of benzene rings is 2. The van der Waals surface area contributed by atoms with Gasteiger partial charge in [0.15, 0.2) is 0 Å². The predicted molar refractivity (Wildman–Crippen MR) is 73.3 cm³/mol. The highest BCUT2D eigenvalue weighted by Gasteiger charge is 2.34. The van der Waals surface area contributed by atoms with E-state index in [2.05, 4.69) is 5.16 Å². The molecule has 19 heavy (non-hydrogen) atoms. The highest BCUT2D eigenvalue weighted by molar-refractivity contribution is 6.30. The molecule has 1 aliphatic rings. The Morgan fingerprint density at radius 1 is 1.00 bits per heavy atom. The zero-order chi connectivity index (χ0) is 13.2. The van der Waals surface area contributed by atoms with Crippen LogP contribution in [0.5, 0.6) is 0 Å². The fourth-order valence-electron chi connectivity index (χ4n) is 2.09. The maximum atomic E-state index is 11.9. The number of rotatable bonds is 2. The van der Waals surface area contributed by atoms with Crippen molar-refractivity contribution >= 4 is 23.3 Å². The van der Waals surface area contributed by atoms with Crippen LogP contribution in [0.1, 0.15) is 17.0 Å². The summed E-state index contributed by atoms with van der Waals surface area (Å²) in [6.07, 6.45) is 0. The first-order valence-electron chi connectivity index (χ1n) is 5.85. The average Bonchev–Trinajstić information content (AvgIpc) is 2.82. The van der Waals surface area contributed by atoms with Gasteiger partial charge in [-0.3, -0.25) is 0 Å². The van der Waals surface area contributed by atoms with Gasteiger partial charge < -0.3 is 4.84 Å². The first-order valence-corrected chi connectivity index (χ1v) is 6.23. The highest BCUT2D eigenvalue weighted by Crippen LogP contribution is 2.28. The third-order valence-corrected chi connectivity index (χ3v) is 3.27. The molecule has 0 aromatic heterocycles. The molecule has 3 nitrogen and oxygen atoms in total. The lowest BCUT2D eigenvalue weighted by molar-refractivity contribution is -0.141. The molecule has 1 aliphatic heterocycles. The van der Waals surface area contributed by atoms with Crippen LogP contribution < -0.4 is 0 Å². The quantitative estimate of drug-likeness (QED) is 0.786. The van der Waals surface area contributed by atoms with Gasteiger partial charge in [-0.15, -0.1) is 0 Å². The van der Waals surface area contributed by atoms with Crippen LogP contribution in [0.4, 0.5) is 0 Å². The Bertz CT molecular complexity index is 635. The van der Waals surface area contributed by atoms with E-state index in [0.717, 1.165) is 11.1 Å². The van der Waals surface area contributed by atoms with Crippen molar-refractivity contribution in [3.63, 3.8) is 0 Å². The van der Waals surface area contributed by atoms with Crippen LogP contribution in [0, 0.1) is 0 Å². The summed E-state index contributed by atoms with van der Waals surface area (Å²) in [6.45, 7) is 0. The molecule has 0 amide bonds. The molecule has 0 saturated carbocycles. The normalized spacial score (nSPS) is 18.1. The maximum absolute atomic E-state index is 11.9. The van der Waals surface area contributed by atoms with Crippen LogP contribution >= 0.6 is 11.6 Å². The maximum Gasteiger partial charge on any atom is 0.348 e. The molecule has 3 rings (SSSR count). The molecule has 0 fully saturated rings. The van der Waals surface area contributed by atoms with Crippen LogP contribution in [-0.2, 0) is 9.63 Å². The molecular formula is C15H10ClNO2. The zero-order valence-electron chi connectivity index (χ0n) is 9.92. The summed E-state index contributed by atoms with van der Waals surface area (Å²) >= 11 is 5.86. The van der Waals surface area contributed by atoms with Crippen molar-refractivity contribution in [3.8, 4) is 0 Å². The van der Waals surface area contributed by atoms with E-state index in [1.54, 1.807) is 12.1 Å². The summed E-state index contributed by atoms with van der Waals surface area (Å²) in [5.41, 5.74) is 2.33.